The maximum Gasteiger partial charge on any atom is 0.123 e. The van der Waals surface area contributed by atoms with Crippen molar-refractivity contribution in [2.24, 2.45) is 0 Å². The van der Waals surface area contributed by atoms with E-state index in [1.807, 2.05) is 18.2 Å². The summed E-state index contributed by atoms with van der Waals surface area (Å²) in [6, 6.07) is 8.64. The normalized spacial score (nSPS) is 19.6. The summed E-state index contributed by atoms with van der Waals surface area (Å²) in [4.78, 5) is 2.51. The molecule has 0 unspecified atom stereocenters. The van der Waals surface area contributed by atoms with Gasteiger partial charge in [-0.25, -0.2) is 0 Å². The Morgan fingerprint density at radius 3 is 2.81 bits per heavy atom. The van der Waals surface area contributed by atoms with Crippen molar-refractivity contribution in [1.82, 2.24) is 4.90 Å². The molecule has 0 amide bonds. The van der Waals surface area contributed by atoms with Crippen molar-refractivity contribution in [2.75, 3.05) is 26.4 Å². The maximum absolute atomic E-state index is 9.05. The summed E-state index contributed by atoms with van der Waals surface area (Å²) in [5.74, 6) is 0.873. The van der Waals surface area contributed by atoms with Gasteiger partial charge in [0.15, 0.2) is 0 Å². The van der Waals surface area contributed by atoms with Gasteiger partial charge in [-0.1, -0.05) is 24.6 Å². The van der Waals surface area contributed by atoms with E-state index in [1.165, 1.54) is 24.8 Å². The van der Waals surface area contributed by atoms with Crippen molar-refractivity contribution in [1.29, 1.82) is 0 Å². The fraction of sp³-hybridized carbons (Fsp3) is 0.647. The third kappa shape index (κ3) is 4.99. The molecule has 118 valence electrons. The predicted octanol–water partition coefficient (Wildman–Crippen LogP) is 2.18. The highest BCUT2D eigenvalue weighted by Gasteiger charge is 2.22. The standard InChI is InChI=1S/C17H27NO3/c19-11-5-8-16-7-3-4-10-18(16)14-15-6-1-2-9-17(15)21-13-12-20/h1-2,6,9,16,19-20H,3-5,7-8,10-14H2/t16-/m1/s1. The van der Waals surface area contributed by atoms with E-state index >= 15 is 0 Å². The number of hydrogen-bond acceptors (Lipinski definition) is 4. The van der Waals surface area contributed by atoms with Crippen molar-refractivity contribution in [2.45, 2.75) is 44.7 Å². The Morgan fingerprint density at radius 2 is 2.00 bits per heavy atom. The number of piperidine rings is 1. The quantitative estimate of drug-likeness (QED) is 0.771. The van der Waals surface area contributed by atoms with Crippen molar-refractivity contribution in [3.05, 3.63) is 29.8 Å². The predicted molar refractivity (Wildman–Crippen MR) is 83.4 cm³/mol. The molecule has 21 heavy (non-hydrogen) atoms. The molecule has 0 saturated carbocycles. The van der Waals surface area contributed by atoms with Crippen LogP contribution in [0.5, 0.6) is 5.75 Å². The van der Waals surface area contributed by atoms with Crippen LogP contribution in [0.15, 0.2) is 24.3 Å². The Hall–Kier alpha value is -1.10. The van der Waals surface area contributed by atoms with Crippen molar-refractivity contribution in [3.8, 4) is 5.75 Å². The van der Waals surface area contributed by atoms with Crippen LogP contribution in [0, 0.1) is 0 Å². The molecule has 4 nitrogen and oxygen atoms in total. The molecule has 0 radical (unpaired) electrons. The van der Waals surface area contributed by atoms with Crippen LogP contribution in [0.4, 0.5) is 0 Å². The molecule has 1 heterocycles. The second-order valence-corrected chi connectivity index (χ2v) is 5.67. The van der Waals surface area contributed by atoms with E-state index in [1.54, 1.807) is 0 Å². The summed E-state index contributed by atoms with van der Waals surface area (Å²) in [5.41, 5.74) is 1.18. The first-order valence-electron chi connectivity index (χ1n) is 8.01. The van der Waals surface area contributed by atoms with Gasteiger partial charge < -0.3 is 14.9 Å². The van der Waals surface area contributed by atoms with Crippen molar-refractivity contribution < 1.29 is 14.9 Å². The highest BCUT2D eigenvalue weighted by atomic mass is 16.5. The first kappa shape index (κ1) is 16.3. The molecule has 1 atom stereocenters. The van der Waals surface area contributed by atoms with Crippen molar-refractivity contribution >= 4 is 0 Å². The molecule has 0 aromatic heterocycles. The van der Waals surface area contributed by atoms with E-state index in [-0.39, 0.29) is 13.2 Å². The molecule has 1 aromatic carbocycles. The van der Waals surface area contributed by atoms with Gasteiger partial charge in [0.25, 0.3) is 0 Å². The zero-order valence-corrected chi connectivity index (χ0v) is 12.7. The Balaban J connectivity index is 2.00. The second-order valence-electron chi connectivity index (χ2n) is 5.67. The van der Waals surface area contributed by atoms with E-state index in [0.717, 1.165) is 31.7 Å². The second kappa shape index (κ2) is 9.03. The van der Waals surface area contributed by atoms with Gasteiger partial charge in [0.05, 0.1) is 6.61 Å². The summed E-state index contributed by atoms with van der Waals surface area (Å²) < 4.78 is 5.63. The van der Waals surface area contributed by atoms with Crippen LogP contribution in [0.25, 0.3) is 0 Å². The summed E-state index contributed by atoms with van der Waals surface area (Å²) in [7, 11) is 0. The molecule has 1 saturated heterocycles. The van der Waals surface area contributed by atoms with Gasteiger partial charge in [-0.05, 0) is 38.3 Å². The summed E-state index contributed by atoms with van der Waals surface area (Å²) in [6.45, 7) is 2.66. The highest BCUT2D eigenvalue weighted by Crippen LogP contribution is 2.26. The summed E-state index contributed by atoms with van der Waals surface area (Å²) in [5, 5.41) is 18.0. The lowest BCUT2D eigenvalue weighted by atomic mass is 9.97. The van der Waals surface area contributed by atoms with Crippen LogP contribution in [-0.2, 0) is 6.54 Å². The van der Waals surface area contributed by atoms with Crippen LogP contribution in [0.3, 0.4) is 0 Å². The van der Waals surface area contributed by atoms with Gasteiger partial charge in [-0.2, -0.15) is 0 Å². The number of aliphatic hydroxyl groups is 2. The monoisotopic (exact) mass is 293 g/mol. The largest absolute Gasteiger partial charge is 0.491 e. The Labute approximate surface area is 127 Å². The highest BCUT2D eigenvalue weighted by molar-refractivity contribution is 5.33. The Bertz CT molecular complexity index is 411. The number of benzene rings is 1. The fourth-order valence-electron chi connectivity index (χ4n) is 3.07. The first-order valence-corrected chi connectivity index (χ1v) is 8.01. The van der Waals surface area contributed by atoms with E-state index in [0.29, 0.717) is 12.6 Å². The minimum Gasteiger partial charge on any atom is -0.491 e. The molecular formula is C17H27NO3. The van der Waals surface area contributed by atoms with Crippen LogP contribution in [0.2, 0.25) is 0 Å². The van der Waals surface area contributed by atoms with Gasteiger partial charge in [-0.3, -0.25) is 4.90 Å². The first-order chi connectivity index (χ1) is 10.3. The Morgan fingerprint density at radius 1 is 1.14 bits per heavy atom. The molecule has 0 bridgehead atoms. The minimum absolute atomic E-state index is 0.0389. The number of likely N-dealkylation sites (tertiary alicyclic amines) is 1. The van der Waals surface area contributed by atoms with Crippen LogP contribution >= 0.6 is 0 Å². The molecule has 1 aliphatic heterocycles. The number of aliphatic hydroxyl groups excluding tert-OH is 2. The van der Waals surface area contributed by atoms with Crippen LogP contribution in [0.1, 0.15) is 37.7 Å². The maximum atomic E-state index is 9.05. The van der Waals surface area contributed by atoms with Crippen LogP contribution < -0.4 is 4.74 Å². The Kier molecular flexibility index (Phi) is 7.00. The zero-order chi connectivity index (χ0) is 14.9. The fourth-order valence-corrected chi connectivity index (χ4v) is 3.07. The third-order valence-electron chi connectivity index (χ3n) is 4.14. The molecular weight excluding hydrogens is 266 g/mol. The van der Waals surface area contributed by atoms with Gasteiger partial charge >= 0.3 is 0 Å². The molecule has 1 aliphatic rings. The SMILES string of the molecule is OCCC[C@H]1CCCCN1Cc1ccccc1OCCO. The summed E-state index contributed by atoms with van der Waals surface area (Å²) >= 11 is 0. The van der Waals surface area contributed by atoms with Crippen molar-refractivity contribution in [3.63, 3.8) is 0 Å². The number of hydrogen-bond donors (Lipinski definition) is 2. The van der Waals surface area contributed by atoms with E-state index < -0.39 is 0 Å². The smallest absolute Gasteiger partial charge is 0.123 e. The lowest BCUT2D eigenvalue weighted by Crippen LogP contribution is -2.39. The number of rotatable bonds is 8. The molecule has 2 N–H and O–H groups in total. The van der Waals surface area contributed by atoms with Gasteiger partial charge in [0, 0.05) is 24.8 Å². The topological polar surface area (TPSA) is 52.9 Å². The summed E-state index contributed by atoms with van der Waals surface area (Å²) in [6.07, 6.45) is 5.70. The van der Waals surface area contributed by atoms with Crippen LogP contribution in [-0.4, -0.2) is 47.5 Å². The number of nitrogens with zero attached hydrogens (tertiary/aromatic N) is 1. The zero-order valence-electron chi connectivity index (χ0n) is 12.7. The third-order valence-corrected chi connectivity index (χ3v) is 4.14. The van der Waals surface area contributed by atoms with Gasteiger partial charge in [-0.15, -0.1) is 0 Å². The molecule has 1 aromatic rings. The average molecular weight is 293 g/mol. The molecule has 4 heteroatoms. The molecule has 0 aliphatic carbocycles. The van der Waals surface area contributed by atoms with E-state index in [2.05, 4.69) is 11.0 Å². The number of ether oxygens (including phenoxy) is 1. The van der Waals surface area contributed by atoms with Gasteiger partial charge in [0.2, 0.25) is 0 Å². The lowest BCUT2D eigenvalue weighted by Gasteiger charge is -2.36. The molecule has 2 rings (SSSR count). The number of para-hydroxylation sites is 1. The average Bonchev–Trinajstić information content (AvgIpc) is 2.53. The molecule has 1 fully saturated rings. The minimum atomic E-state index is 0.0389. The van der Waals surface area contributed by atoms with E-state index in [9.17, 15) is 0 Å². The van der Waals surface area contributed by atoms with E-state index in [4.69, 9.17) is 14.9 Å². The molecule has 0 spiro atoms. The van der Waals surface area contributed by atoms with Gasteiger partial charge in [0.1, 0.15) is 12.4 Å². The lowest BCUT2D eigenvalue weighted by molar-refractivity contribution is 0.121.